The van der Waals surface area contributed by atoms with Crippen LogP contribution in [0.5, 0.6) is 0 Å². The van der Waals surface area contributed by atoms with Gasteiger partial charge in [0.25, 0.3) is 0 Å². The van der Waals surface area contributed by atoms with Crippen LogP contribution in [-0.2, 0) is 23.8 Å². The molecule has 22 heavy (non-hydrogen) atoms. The minimum atomic E-state index is -1.83. The zero-order chi connectivity index (χ0) is 15.9. The van der Waals surface area contributed by atoms with Crippen LogP contribution >= 0.6 is 0 Å². The van der Waals surface area contributed by atoms with E-state index in [-0.39, 0.29) is 11.3 Å². The third-order valence-corrected chi connectivity index (χ3v) is 3.67. The number of ketones is 1. The molecule has 0 bridgehead atoms. The van der Waals surface area contributed by atoms with Gasteiger partial charge in [0.1, 0.15) is 5.57 Å². The summed E-state index contributed by atoms with van der Waals surface area (Å²) in [4.78, 5) is 36.9. The smallest absolute Gasteiger partial charge is 0.376 e. The number of Topliss-reactive ketones (excluding diaryl/α,β-unsaturated/α-hetero) is 1. The van der Waals surface area contributed by atoms with Gasteiger partial charge in [-0.1, -0.05) is 30.3 Å². The maximum Gasteiger partial charge on any atom is 0.376 e. The Morgan fingerprint density at radius 2 is 1.91 bits per heavy atom. The highest BCUT2D eigenvalue weighted by molar-refractivity contribution is 6.20. The molecule has 1 aliphatic heterocycles. The van der Waals surface area contributed by atoms with E-state index in [0.717, 1.165) is 7.11 Å². The highest BCUT2D eigenvalue weighted by Gasteiger charge is 2.57. The normalized spacial score (nSPS) is 22.6. The molecule has 1 aliphatic carbocycles. The van der Waals surface area contributed by atoms with Crippen LogP contribution in [0.1, 0.15) is 15.9 Å². The second-order valence-electron chi connectivity index (χ2n) is 4.77. The second-order valence-corrected chi connectivity index (χ2v) is 4.77. The molecular formula is C16H12O6. The molecule has 0 saturated heterocycles. The number of fused-ring (bicyclic) bond motifs is 1. The zero-order valence-corrected chi connectivity index (χ0v) is 11.9. The van der Waals surface area contributed by atoms with Gasteiger partial charge in [-0.2, -0.15) is 0 Å². The molecule has 6 nitrogen and oxygen atoms in total. The Hall–Kier alpha value is -2.89. The summed E-state index contributed by atoms with van der Waals surface area (Å²) in [6.07, 6.45) is 3.01. The summed E-state index contributed by atoms with van der Waals surface area (Å²) in [6.45, 7) is 0. The van der Waals surface area contributed by atoms with Gasteiger partial charge in [-0.05, 0) is 11.6 Å². The molecule has 0 radical (unpaired) electrons. The van der Waals surface area contributed by atoms with Gasteiger partial charge in [-0.3, -0.25) is 4.79 Å². The summed E-state index contributed by atoms with van der Waals surface area (Å²) >= 11 is 0. The van der Waals surface area contributed by atoms with Crippen molar-refractivity contribution in [3.05, 3.63) is 52.8 Å². The highest BCUT2D eigenvalue weighted by atomic mass is 16.6. The molecule has 1 aromatic rings. The fourth-order valence-corrected chi connectivity index (χ4v) is 2.66. The minimum absolute atomic E-state index is 0.238. The largest absolute Gasteiger partial charge is 0.489 e. The number of ether oxygens (including phenoxy) is 3. The lowest BCUT2D eigenvalue weighted by Gasteiger charge is -2.28. The molecular weight excluding hydrogens is 288 g/mol. The predicted molar refractivity (Wildman–Crippen MR) is 74.7 cm³/mol. The molecule has 1 spiro atoms. The Balaban J connectivity index is 2.23. The number of hydrogen-bond acceptors (Lipinski definition) is 6. The van der Waals surface area contributed by atoms with Gasteiger partial charge < -0.3 is 14.2 Å². The van der Waals surface area contributed by atoms with Crippen molar-refractivity contribution in [1.29, 1.82) is 0 Å². The monoisotopic (exact) mass is 300 g/mol. The van der Waals surface area contributed by atoms with E-state index >= 15 is 0 Å². The second kappa shape index (κ2) is 4.84. The molecule has 3 rings (SSSR count). The van der Waals surface area contributed by atoms with Gasteiger partial charge in [-0.15, -0.1) is 0 Å². The van der Waals surface area contributed by atoms with Crippen LogP contribution < -0.4 is 0 Å². The third kappa shape index (κ3) is 1.70. The van der Waals surface area contributed by atoms with Crippen molar-refractivity contribution in [3.8, 4) is 0 Å². The molecule has 1 atom stereocenters. The van der Waals surface area contributed by atoms with Crippen molar-refractivity contribution < 1.29 is 28.6 Å². The Bertz CT molecular complexity index is 758. The average molecular weight is 300 g/mol. The summed E-state index contributed by atoms with van der Waals surface area (Å²) in [5.41, 5.74) is -1.02. The fraction of sp³-hybridized carbons (Fsp3) is 0.188. The number of carbonyl (C=O) groups excluding carboxylic acids is 3. The molecule has 112 valence electrons. The zero-order valence-electron chi connectivity index (χ0n) is 11.9. The number of hydrogen-bond donors (Lipinski definition) is 0. The van der Waals surface area contributed by atoms with E-state index in [4.69, 9.17) is 9.47 Å². The SMILES string of the molecule is COC(=O)C1=C(OC)C(=O)OC12C=Cc1ccccc1C2=O. The lowest BCUT2D eigenvalue weighted by molar-refractivity contribution is -0.145. The van der Waals surface area contributed by atoms with Crippen molar-refractivity contribution >= 4 is 23.8 Å². The van der Waals surface area contributed by atoms with E-state index in [2.05, 4.69) is 4.74 Å². The highest BCUT2D eigenvalue weighted by Crippen LogP contribution is 2.41. The van der Waals surface area contributed by atoms with E-state index < -0.39 is 23.3 Å². The van der Waals surface area contributed by atoms with Gasteiger partial charge in [0.05, 0.1) is 14.2 Å². The van der Waals surface area contributed by atoms with Crippen LogP contribution in [0.4, 0.5) is 0 Å². The molecule has 1 aromatic carbocycles. The van der Waals surface area contributed by atoms with Gasteiger partial charge in [0.15, 0.2) is 0 Å². The maximum atomic E-state index is 12.9. The lowest BCUT2D eigenvalue weighted by atomic mass is 9.80. The predicted octanol–water partition coefficient (Wildman–Crippen LogP) is 1.27. The molecule has 0 fully saturated rings. The van der Waals surface area contributed by atoms with Crippen molar-refractivity contribution in [2.75, 3.05) is 14.2 Å². The quantitative estimate of drug-likeness (QED) is 0.765. The molecule has 0 amide bonds. The van der Waals surface area contributed by atoms with E-state index in [0.29, 0.717) is 11.1 Å². The van der Waals surface area contributed by atoms with E-state index in [1.54, 1.807) is 30.3 Å². The molecule has 0 aromatic heterocycles. The molecule has 1 unspecified atom stereocenters. The Labute approximate surface area is 126 Å². The van der Waals surface area contributed by atoms with Crippen molar-refractivity contribution in [3.63, 3.8) is 0 Å². The van der Waals surface area contributed by atoms with Crippen molar-refractivity contribution in [2.24, 2.45) is 0 Å². The third-order valence-electron chi connectivity index (χ3n) is 3.67. The van der Waals surface area contributed by atoms with Gasteiger partial charge in [0, 0.05) is 5.56 Å². The Morgan fingerprint density at radius 1 is 1.18 bits per heavy atom. The summed E-state index contributed by atoms with van der Waals surface area (Å²) in [6, 6.07) is 6.84. The van der Waals surface area contributed by atoms with Crippen LogP contribution in [-0.4, -0.2) is 37.5 Å². The topological polar surface area (TPSA) is 78.9 Å². The number of methoxy groups -OCH3 is 2. The van der Waals surface area contributed by atoms with Gasteiger partial charge in [0.2, 0.25) is 17.1 Å². The van der Waals surface area contributed by atoms with Gasteiger partial charge >= 0.3 is 11.9 Å². The van der Waals surface area contributed by atoms with Gasteiger partial charge in [-0.25, -0.2) is 9.59 Å². The maximum absolute atomic E-state index is 12.9. The summed E-state index contributed by atoms with van der Waals surface area (Å²) in [5, 5.41) is 0. The number of esters is 2. The minimum Gasteiger partial charge on any atom is -0.489 e. The molecule has 0 N–H and O–H groups in total. The molecule has 2 aliphatic rings. The first-order valence-corrected chi connectivity index (χ1v) is 6.48. The average Bonchev–Trinajstić information content (AvgIpc) is 2.83. The standard InChI is InChI=1S/C16H12O6/c1-20-12-11(14(18)21-2)16(22-15(12)19)8-7-9-5-3-4-6-10(9)13(16)17/h3-8H,1-2H3. The molecule has 0 saturated carbocycles. The lowest BCUT2D eigenvalue weighted by Crippen LogP contribution is -2.43. The Kier molecular flexibility index (Phi) is 3.09. The Morgan fingerprint density at radius 3 is 2.59 bits per heavy atom. The van der Waals surface area contributed by atoms with Crippen molar-refractivity contribution in [1.82, 2.24) is 0 Å². The van der Waals surface area contributed by atoms with Crippen LogP contribution in [0.25, 0.3) is 6.08 Å². The van der Waals surface area contributed by atoms with E-state index in [1.165, 1.54) is 13.2 Å². The van der Waals surface area contributed by atoms with Crippen LogP contribution in [0.2, 0.25) is 0 Å². The number of benzene rings is 1. The first-order valence-electron chi connectivity index (χ1n) is 6.48. The molecule has 6 heteroatoms. The first-order chi connectivity index (χ1) is 10.5. The summed E-state index contributed by atoms with van der Waals surface area (Å²) < 4.78 is 14.8. The number of carbonyl (C=O) groups is 3. The van der Waals surface area contributed by atoms with E-state index in [9.17, 15) is 14.4 Å². The number of rotatable bonds is 2. The summed E-state index contributed by atoms with van der Waals surface area (Å²) in [7, 11) is 2.38. The van der Waals surface area contributed by atoms with Crippen LogP contribution in [0, 0.1) is 0 Å². The fourth-order valence-electron chi connectivity index (χ4n) is 2.66. The van der Waals surface area contributed by atoms with E-state index in [1.807, 2.05) is 0 Å². The first kappa shape index (κ1) is 14.1. The van der Waals surface area contributed by atoms with Crippen molar-refractivity contribution in [2.45, 2.75) is 5.60 Å². The molecule has 1 heterocycles. The van der Waals surface area contributed by atoms with Crippen LogP contribution in [0.15, 0.2) is 41.7 Å². The van der Waals surface area contributed by atoms with Crippen LogP contribution in [0.3, 0.4) is 0 Å². The summed E-state index contributed by atoms with van der Waals surface area (Å²) in [5.74, 6) is -2.55.